The molecule has 200 valence electrons. The van der Waals surface area contributed by atoms with Gasteiger partial charge in [-0.05, 0) is 43.2 Å². The van der Waals surface area contributed by atoms with Crippen LogP contribution in [0.1, 0.15) is 102 Å². The molecule has 0 amide bonds. The molecule has 0 unspecified atom stereocenters. The van der Waals surface area contributed by atoms with Gasteiger partial charge in [-0.3, -0.25) is 0 Å². The molecule has 0 saturated carbocycles. The normalized spacial score (nSPS) is 11.6. The van der Waals surface area contributed by atoms with E-state index in [4.69, 9.17) is 0 Å². The lowest BCUT2D eigenvalue weighted by Crippen LogP contribution is -2.26. The maximum absolute atomic E-state index is 10.7. The Morgan fingerprint density at radius 3 is 1.35 bits per heavy atom. The van der Waals surface area contributed by atoms with E-state index in [0.29, 0.717) is 5.75 Å². The van der Waals surface area contributed by atoms with Crippen molar-refractivity contribution in [2.24, 2.45) is 0 Å². The van der Waals surface area contributed by atoms with Crippen LogP contribution in [-0.4, -0.2) is 11.3 Å². The highest BCUT2D eigenvalue weighted by atomic mass is 31.2. The Hall–Kier alpha value is -2.11. The number of hydrogen-bond acceptors (Lipinski definition) is 1. The van der Waals surface area contributed by atoms with Crippen molar-refractivity contribution in [3.63, 3.8) is 0 Å². The van der Waals surface area contributed by atoms with Crippen LogP contribution < -0.4 is 10.6 Å². The van der Waals surface area contributed by atoms with Crippen LogP contribution in [0.3, 0.4) is 0 Å². The van der Waals surface area contributed by atoms with Crippen molar-refractivity contribution in [2.75, 3.05) is 6.16 Å². The summed E-state index contributed by atoms with van der Waals surface area (Å²) in [6.45, 7) is 2.29. The van der Waals surface area contributed by atoms with Crippen molar-refractivity contribution in [1.29, 1.82) is 0 Å². The first-order valence-electron chi connectivity index (χ1n) is 15.0. The summed E-state index contributed by atoms with van der Waals surface area (Å²) in [7, 11) is -1.69. The number of hydrogen-bond donors (Lipinski definition) is 1. The van der Waals surface area contributed by atoms with Gasteiger partial charge in [-0.15, -0.1) is 0 Å². The molecule has 0 fully saturated rings. The van der Waals surface area contributed by atoms with Gasteiger partial charge in [0.05, 0.1) is 30.2 Å². The minimum Gasteiger partial charge on any atom is -0.508 e. The summed E-state index contributed by atoms with van der Waals surface area (Å²) < 4.78 is 0. The third kappa shape index (κ3) is 9.94. The van der Waals surface area contributed by atoms with Crippen LogP contribution in [0.25, 0.3) is 0 Å². The molecule has 0 radical (unpaired) electrons. The monoisotopic (exact) mass is 517 g/mol. The number of benzene rings is 3. The maximum atomic E-state index is 10.7. The molecule has 0 bridgehead atoms. The molecule has 1 N–H and O–H groups in total. The summed E-state index contributed by atoms with van der Waals surface area (Å²) in [5, 5.41) is 13.6. The van der Waals surface area contributed by atoms with E-state index >= 15 is 0 Å². The van der Waals surface area contributed by atoms with E-state index in [1.807, 2.05) is 12.1 Å². The van der Waals surface area contributed by atoms with Crippen molar-refractivity contribution in [2.45, 2.75) is 103 Å². The van der Waals surface area contributed by atoms with E-state index in [0.717, 1.165) is 11.7 Å². The zero-order valence-corrected chi connectivity index (χ0v) is 24.2. The van der Waals surface area contributed by atoms with Gasteiger partial charge in [0.25, 0.3) is 0 Å². The van der Waals surface area contributed by atoms with Crippen molar-refractivity contribution in [3.8, 4) is 5.75 Å². The number of rotatable bonds is 19. The Balaban J connectivity index is 1.53. The average Bonchev–Trinajstić information content (AvgIpc) is 2.94. The lowest BCUT2D eigenvalue weighted by molar-refractivity contribution is 0.470. The predicted octanol–water partition coefficient (Wildman–Crippen LogP) is 10.0. The van der Waals surface area contributed by atoms with Crippen LogP contribution in [0, 0.1) is 0 Å². The molecule has 0 aliphatic carbocycles. The van der Waals surface area contributed by atoms with Crippen LogP contribution >= 0.6 is 7.26 Å². The molecule has 2 heteroatoms. The molecule has 3 aromatic rings. The second-order valence-corrected chi connectivity index (χ2v) is 14.5. The van der Waals surface area contributed by atoms with Gasteiger partial charge in [-0.25, -0.2) is 0 Å². The minimum absolute atomic E-state index is 0.430. The van der Waals surface area contributed by atoms with E-state index in [9.17, 15) is 5.11 Å². The molecular formula is C35H50OP+. The average molecular weight is 518 g/mol. The van der Waals surface area contributed by atoms with Gasteiger partial charge in [0.2, 0.25) is 0 Å². The number of phenols is 1. The van der Waals surface area contributed by atoms with Crippen molar-refractivity contribution in [3.05, 3.63) is 90.5 Å². The second kappa shape index (κ2) is 17.4. The number of para-hydroxylation sites is 1. The fourth-order valence-corrected chi connectivity index (χ4v) is 10.0. The van der Waals surface area contributed by atoms with Crippen LogP contribution in [0.5, 0.6) is 5.75 Å². The maximum Gasteiger partial charge on any atom is 0.122 e. The van der Waals surface area contributed by atoms with Crippen LogP contribution in [0.4, 0.5) is 0 Å². The Bertz CT molecular complexity index is 929. The molecule has 1 nitrogen and oxygen atoms in total. The lowest BCUT2D eigenvalue weighted by atomic mass is 10.0. The highest BCUT2D eigenvalue weighted by molar-refractivity contribution is 7.88. The molecule has 0 heterocycles. The summed E-state index contributed by atoms with van der Waals surface area (Å²) in [5.41, 5.74) is 1.08. The second-order valence-electron chi connectivity index (χ2n) is 10.7. The minimum atomic E-state index is -1.69. The summed E-state index contributed by atoms with van der Waals surface area (Å²) >= 11 is 0. The van der Waals surface area contributed by atoms with E-state index in [1.54, 1.807) is 0 Å². The summed E-state index contributed by atoms with van der Waals surface area (Å²) in [6.07, 6.45) is 21.6. The van der Waals surface area contributed by atoms with E-state index in [1.165, 1.54) is 107 Å². The first kappa shape index (κ1) is 29.4. The summed E-state index contributed by atoms with van der Waals surface area (Å²) in [6, 6.07) is 30.2. The number of unbranched alkanes of at least 4 members (excludes halogenated alkanes) is 13. The molecule has 0 saturated heterocycles. The Kier molecular flexibility index (Phi) is 13.9. The summed E-state index contributed by atoms with van der Waals surface area (Å²) in [5.74, 6) is 0.430. The fraction of sp³-hybridized carbons (Fsp3) is 0.486. The lowest BCUT2D eigenvalue weighted by Gasteiger charge is -2.28. The molecule has 0 atom stereocenters. The molecular weight excluding hydrogens is 467 g/mol. The molecule has 3 aromatic carbocycles. The van der Waals surface area contributed by atoms with Crippen LogP contribution in [0.15, 0.2) is 84.9 Å². The fourth-order valence-electron chi connectivity index (χ4n) is 5.61. The predicted molar refractivity (Wildman–Crippen MR) is 166 cm³/mol. The first-order valence-corrected chi connectivity index (χ1v) is 17.2. The van der Waals surface area contributed by atoms with E-state index in [-0.39, 0.29) is 0 Å². The van der Waals surface area contributed by atoms with E-state index < -0.39 is 7.26 Å². The Morgan fingerprint density at radius 2 is 0.892 bits per heavy atom. The summed E-state index contributed by atoms with van der Waals surface area (Å²) in [4.78, 5) is 0. The molecule has 0 aliphatic rings. The highest BCUT2D eigenvalue weighted by Gasteiger charge is 2.42. The highest BCUT2D eigenvalue weighted by Crippen LogP contribution is 2.60. The zero-order valence-electron chi connectivity index (χ0n) is 23.3. The van der Waals surface area contributed by atoms with Crippen LogP contribution in [-0.2, 0) is 6.16 Å². The Morgan fingerprint density at radius 1 is 0.486 bits per heavy atom. The van der Waals surface area contributed by atoms with Crippen molar-refractivity contribution >= 4 is 17.9 Å². The molecule has 0 spiro atoms. The molecule has 37 heavy (non-hydrogen) atoms. The van der Waals surface area contributed by atoms with E-state index in [2.05, 4.69) is 79.7 Å². The topological polar surface area (TPSA) is 20.2 Å². The number of aromatic hydroxyl groups is 1. The van der Waals surface area contributed by atoms with Gasteiger partial charge in [-0.2, -0.15) is 0 Å². The zero-order chi connectivity index (χ0) is 26.0. The van der Waals surface area contributed by atoms with Crippen molar-refractivity contribution < 1.29 is 5.11 Å². The largest absolute Gasteiger partial charge is 0.508 e. The van der Waals surface area contributed by atoms with Gasteiger partial charge in [0.1, 0.15) is 5.75 Å². The smallest absolute Gasteiger partial charge is 0.122 e. The first-order chi connectivity index (χ1) is 18.3. The molecule has 3 rings (SSSR count). The van der Waals surface area contributed by atoms with Gasteiger partial charge in [0.15, 0.2) is 0 Å². The third-order valence-corrected chi connectivity index (χ3v) is 12.4. The SMILES string of the molecule is CCCCCCCCCCCCCCCC[P+](Cc1ccccc1O)(c1ccccc1)c1ccccc1. The van der Waals surface area contributed by atoms with Gasteiger partial charge < -0.3 is 5.11 Å². The van der Waals surface area contributed by atoms with Gasteiger partial charge in [0, 0.05) is 5.56 Å². The molecule has 0 aromatic heterocycles. The molecule has 0 aliphatic heterocycles. The standard InChI is InChI=1S/C35H49OP/c1-2-3-4-5-6-7-8-9-10-11-12-13-14-23-30-37(33-25-17-15-18-26-33,34-27-19-16-20-28-34)31-32-24-21-22-29-35(32)36/h15-22,24-29H,2-14,23,30-31H2,1H3/p+1. The van der Waals surface area contributed by atoms with Gasteiger partial charge in [-0.1, -0.05) is 139 Å². The van der Waals surface area contributed by atoms with Gasteiger partial charge >= 0.3 is 0 Å². The number of phenolic OH excluding ortho intramolecular Hbond substituents is 1. The quantitative estimate of drug-likeness (QED) is 0.124. The van der Waals surface area contributed by atoms with Crippen LogP contribution in [0.2, 0.25) is 0 Å². The van der Waals surface area contributed by atoms with Crippen molar-refractivity contribution in [1.82, 2.24) is 0 Å². The Labute approximate surface area is 228 Å². The third-order valence-electron chi connectivity index (χ3n) is 7.83.